The Morgan fingerprint density at radius 1 is 1.30 bits per heavy atom. The lowest BCUT2D eigenvalue weighted by atomic mass is 10.0. The first-order valence-electron chi connectivity index (χ1n) is 7.55. The first-order chi connectivity index (χ1) is 9.61. The standard InChI is InChI=1S/C17H23N3/c1-4-9-20-16(18)15(19-17(20)13-7-8-13)14-10-11(2)5-6-12(14)3/h5-6,10,13H,4,7-9,18H2,1-3H3. The number of hydrogen-bond donors (Lipinski definition) is 1. The van der Waals surface area contributed by atoms with E-state index in [1.807, 2.05) is 0 Å². The number of hydrogen-bond acceptors (Lipinski definition) is 2. The van der Waals surface area contributed by atoms with Gasteiger partial charge in [-0.1, -0.05) is 24.6 Å². The third kappa shape index (κ3) is 2.21. The average molecular weight is 269 g/mol. The topological polar surface area (TPSA) is 43.8 Å². The van der Waals surface area contributed by atoms with E-state index in [9.17, 15) is 0 Å². The summed E-state index contributed by atoms with van der Waals surface area (Å²) < 4.78 is 2.23. The van der Waals surface area contributed by atoms with Gasteiger partial charge in [-0.3, -0.25) is 0 Å². The van der Waals surface area contributed by atoms with Crippen LogP contribution in [0.25, 0.3) is 11.3 Å². The van der Waals surface area contributed by atoms with Crippen molar-refractivity contribution in [3.05, 3.63) is 35.2 Å². The molecule has 3 nitrogen and oxygen atoms in total. The number of aryl methyl sites for hydroxylation is 2. The molecule has 1 aliphatic rings. The Morgan fingerprint density at radius 3 is 2.70 bits per heavy atom. The zero-order valence-electron chi connectivity index (χ0n) is 12.6. The van der Waals surface area contributed by atoms with Crippen LogP contribution in [-0.2, 0) is 6.54 Å². The van der Waals surface area contributed by atoms with E-state index in [0.717, 1.165) is 24.5 Å². The number of imidazole rings is 1. The summed E-state index contributed by atoms with van der Waals surface area (Å²) >= 11 is 0. The van der Waals surface area contributed by atoms with Crippen molar-refractivity contribution < 1.29 is 0 Å². The van der Waals surface area contributed by atoms with Gasteiger partial charge >= 0.3 is 0 Å². The van der Waals surface area contributed by atoms with Crippen LogP contribution in [0.1, 0.15) is 49.1 Å². The van der Waals surface area contributed by atoms with Crippen LogP contribution in [0.2, 0.25) is 0 Å². The van der Waals surface area contributed by atoms with Crippen LogP contribution >= 0.6 is 0 Å². The van der Waals surface area contributed by atoms with E-state index in [4.69, 9.17) is 10.7 Å². The largest absolute Gasteiger partial charge is 0.383 e. The minimum absolute atomic E-state index is 0.628. The molecule has 1 aliphatic carbocycles. The second-order valence-electron chi connectivity index (χ2n) is 5.95. The summed E-state index contributed by atoms with van der Waals surface area (Å²) in [7, 11) is 0. The maximum absolute atomic E-state index is 6.41. The molecule has 3 heteroatoms. The van der Waals surface area contributed by atoms with Gasteiger partial charge in [0.25, 0.3) is 0 Å². The predicted octanol–water partition coefficient (Wildman–Crippen LogP) is 4.04. The summed E-state index contributed by atoms with van der Waals surface area (Å²) in [6, 6.07) is 6.49. The molecule has 0 aliphatic heterocycles. The Bertz CT molecular complexity index is 636. The van der Waals surface area contributed by atoms with Crippen LogP contribution in [0.15, 0.2) is 18.2 Å². The minimum Gasteiger partial charge on any atom is -0.383 e. The van der Waals surface area contributed by atoms with Gasteiger partial charge in [-0.25, -0.2) is 4.98 Å². The summed E-state index contributed by atoms with van der Waals surface area (Å²) in [6.45, 7) is 7.40. The molecular weight excluding hydrogens is 246 g/mol. The monoisotopic (exact) mass is 269 g/mol. The molecule has 106 valence electrons. The smallest absolute Gasteiger partial charge is 0.131 e. The number of nitrogens with zero attached hydrogens (tertiary/aromatic N) is 2. The molecule has 2 N–H and O–H groups in total. The zero-order valence-corrected chi connectivity index (χ0v) is 12.6. The van der Waals surface area contributed by atoms with Gasteiger partial charge in [0.2, 0.25) is 0 Å². The molecule has 0 saturated heterocycles. The zero-order chi connectivity index (χ0) is 14.3. The van der Waals surface area contributed by atoms with Crippen molar-refractivity contribution in [2.24, 2.45) is 0 Å². The fourth-order valence-corrected chi connectivity index (χ4v) is 2.78. The van der Waals surface area contributed by atoms with Gasteiger partial charge in [-0.2, -0.15) is 0 Å². The van der Waals surface area contributed by atoms with Gasteiger partial charge in [-0.15, -0.1) is 0 Å². The van der Waals surface area contributed by atoms with Gasteiger partial charge in [0.05, 0.1) is 0 Å². The maximum atomic E-state index is 6.41. The number of aromatic nitrogens is 2. The van der Waals surface area contributed by atoms with Crippen LogP contribution in [-0.4, -0.2) is 9.55 Å². The molecule has 1 aromatic carbocycles. The molecule has 0 unspecified atom stereocenters. The van der Waals surface area contributed by atoms with Crippen LogP contribution in [0.5, 0.6) is 0 Å². The van der Waals surface area contributed by atoms with Crippen LogP contribution < -0.4 is 5.73 Å². The van der Waals surface area contributed by atoms with Crippen molar-refractivity contribution in [1.82, 2.24) is 9.55 Å². The molecule has 1 aromatic heterocycles. The van der Waals surface area contributed by atoms with Gasteiger partial charge in [-0.05, 0) is 44.7 Å². The van der Waals surface area contributed by atoms with Crippen molar-refractivity contribution in [2.45, 2.75) is 52.5 Å². The summed E-state index contributed by atoms with van der Waals surface area (Å²) in [6.07, 6.45) is 3.60. The van der Waals surface area contributed by atoms with E-state index in [0.29, 0.717) is 5.92 Å². The fraction of sp³-hybridized carbons (Fsp3) is 0.471. The second-order valence-corrected chi connectivity index (χ2v) is 5.95. The van der Waals surface area contributed by atoms with Crippen LogP contribution in [0.4, 0.5) is 5.82 Å². The molecule has 1 heterocycles. The molecule has 2 aromatic rings. The van der Waals surface area contributed by atoms with Crippen molar-refractivity contribution >= 4 is 5.82 Å². The number of nitrogens with two attached hydrogens (primary N) is 1. The summed E-state index contributed by atoms with van der Waals surface area (Å²) in [5.41, 5.74) is 11.1. The molecule has 0 spiro atoms. The van der Waals surface area contributed by atoms with Crippen molar-refractivity contribution in [3.63, 3.8) is 0 Å². The normalized spacial score (nSPS) is 14.8. The third-order valence-electron chi connectivity index (χ3n) is 4.07. The summed E-state index contributed by atoms with van der Waals surface area (Å²) in [4.78, 5) is 4.90. The van der Waals surface area contributed by atoms with Gasteiger partial charge in [0, 0.05) is 18.0 Å². The van der Waals surface area contributed by atoms with Crippen molar-refractivity contribution in [1.29, 1.82) is 0 Å². The molecule has 0 radical (unpaired) electrons. The summed E-state index contributed by atoms with van der Waals surface area (Å²) in [5.74, 6) is 2.66. The van der Waals surface area contributed by atoms with Crippen LogP contribution in [0.3, 0.4) is 0 Å². The average Bonchev–Trinajstić information content (AvgIpc) is 3.21. The molecule has 1 saturated carbocycles. The molecular formula is C17H23N3. The van der Waals surface area contributed by atoms with Gasteiger partial charge in [0.15, 0.2) is 0 Å². The number of anilines is 1. The Balaban J connectivity index is 2.13. The highest BCUT2D eigenvalue weighted by molar-refractivity contribution is 5.74. The Labute approximate surface area is 120 Å². The molecule has 3 rings (SSSR count). The van der Waals surface area contributed by atoms with E-state index < -0.39 is 0 Å². The van der Waals surface area contributed by atoms with E-state index in [2.05, 4.69) is 43.5 Å². The number of nitrogen functional groups attached to an aromatic ring is 1. The van der Waals surface area contributed by atoms with E-state index in [1.54, 1.807) is 0 Å². The van der Waals surface area contributed by atoms with Crippen LogP contribution in [0, 0.1) is 13.8 Å². The second kappa shape index (κ2) is 4.97. The lowest BCUT2D eigenvalue weighted by molar-refractivity contribution is 0.646. The lowest BCUT2D eigenvalue weighted by Gasteiger charge is -2.08. The molecule has 0 atom stereocenters. The molecule has 1 fully saturated rings. The van der Waals surface area contributed by atoms with E-state index in [1.165, 1.54) is 35.4 Å². The minimum atomic E-state index is 0.628. The SMILES string of the molecule is CCCn1c(C2CC2)nc(-c2cc(C)ccc2C)c1N. The number of rotatable bonds is 4. The highest BCUT2D eigenvalue weighted by atomic mass is 15.1. The van der Waals surface area contributed by atoms with E-state index in [-0.39, 0.29) is 0 Å². The maximum Gasteiger partial charge on any atom is 0.131 e. The predicted molar refractivity (Wildman–Crippen MR) is 83.8 cm³/mol. The first-order valence-corrected chi connectivity index (χ1v) is 7.55. The first kappa shape index (κ1) is 13.2. The highest BCUT2D eigenvalue weighted by Gasteiger charge is 2.31. The quantitative estimate of drug-likeness (QED) is 0.910. The van der Waals surface area contributed by atoms with Crippen molar-refractivity contribution in [3.8, 4) is 11.3 Å². The molecule has 0 amide bonds. The molecule has 20 heavy (non-hydrogen) atoms. The lowest BCUT2D eigenvalue weighted by Crippen LogP contribution is -2.06. The molecule has 0 bridgehead atoms. The number of benzene rings is 1. The van der Waals surface area contributed by atoms with E-state index >= 15 is 0 Å². The Kier molecular flexibility index (Phi) is 3.28. The third-order valence-corrected chi connectivity index (χ3v) is 4.07. The Hall–Kier alpha value is -1.77. The van der Waals surface area contributed by atoms with Crippen molar-refractivity contribution in [2.75, 3.05) is 5.73 Å². The Morgan fingerprint density at radius 2 is 2.05 bits per heavy atom. The van der Waals surface area contributed by atoms with Gasteiger partial charge < -0.3 is 10.3 Å². The summed E-state index contributed by atoms with van der Waals surface area (Å²) in [5, 5.41) is 0. The van der Waals surface area contributed by atoms with Gasteiger partial charge in [0.1, 0.15) is 17.3 Å². The fourth-order valence-electron chi connectivity index (χ4n) is 2.78. The highest BCUT2D eigenvalue weighted by Crippen LogP contribution is 2.42.